The van der Waals surface area contributed by atoms with E-state index < -0.39 is 4.92 Å². The Morgan fingerprint density at radius 2 is 1.59 bits per heavy atom. The fourth-order valence-corrected chi connectivity index (χ4v) is 3.84. The van der Waals surface area contributed by atoms with E-state index in [9.17, 15) is 10.1 Å². The van der Waals surface area contributed by atoms with Gasteiger partial charge in [0.15, 0.2) is 0 Å². The first-order chi connectivity index (χ1) is 16.5. The lowest BCUT2D eigenvalue weighted by molar-refractivity contribution is -0.384. The molecule has 0 unspecified atom stereocenters. The van der Waals surface area contributed by atoms with Crippen molar-refractivity contribution < 1.29 is 9.66 Å². The van der Waals surface area contributed by atoms with Gasteiger partial charge in [0.05, 0.1) is 34.8 Å². The molecular formula is C26H21N5O3. The summed E-state index contributed by atoms with van der Waals surface area (Å²) in [5.41, 5.74) is 6.01. The highest BCUT2D eigenvalue weighted by molar-refractivity contribution is 5.80. The largest absolute Gasteiger partial charge is 0.497 e. The maximum absolute atomic E-state index is 11.1. The van der Waals surface area contributed by atoms with Gasteiger partial charge in [0, 0.05) is 29.5 Å². The number of aromatic nitrogens is 4. The van der Waals surface area contributed by atoms with E-state index >= 15 is 0 Å². The summed E-state index contributed by atoms with van der Waals surface area (Å²) in [4.78, 5) is 10.7. The molecular weight excluding hydrogens is 430 g/mol. The Kier molecular flexibility index (Phi) is 5.39. The molecule has 2 heterocycles. The highest BCUT2D eigenvalue weighted by atomic mass is 16.6. The van der Waals surface area contributed by atoms with Gasteiger partial charge in [0.1, 0.15) is 11.4 Å². The predicted molar refractivity (Wildman–Crippen MR) is 130 cm³/mol. The zero-order valence-corrected chi connectivity index (χ0v) is 18.6. The van der Waals surface area contributed by atoms with Crippen LogP contribution in [0.2, 0.25) is 0 Å². The van der Waals surface area contributed by atoms with E-state index in [0.717, 1.165) is 39.6 Å². The van der Waals surface area contributed by atoms with Crippen molar-refractivity contribution in [1.82, 2.24) is 19.6 Å². The van der Waals surface area contributed by atoms with Gasteiger partial charge in [-0.05, 0) is 61.5 Å². The molecule has 5 rings (SSSR count). The van der Waals surface area contributed by atoms with Crippen LogP contribution in [0.15, 0.2) is 91.1 Å². The van der Waals surface area contributed by atoms with Crippen molar-refractivity contribution in [2.45, 2.75) is 6.92 Å². The van der Waals surface area contributed by atoms with Crippen molar-refractivity contribution >= 4 is 5.69 Å². The van der Waals surface area contributed by atoms with Gasteiger partial charge in [-0.2, -0.15) is 10.2 Å². The van der Waals surface area contributed by atoms with Gasteiger partial charge in [-0.3, -0.25) is 10.1 Å². The zero-order valence-electron chi connectivity index (χ0n) is 18.6. The molecule has 8 nitrogen and oxygen atoms in total. The maximum Gasteiger partial charge on any atom is 0.269 e. The second kappa shape index (κ2) is 8.67. The molecule has 34 heavy (non-hydrogen) atoms. The Morgan fingerprint density at radius 3 is 2.24 bits per heavy atom. The lowest BCUT2D eigenvalue weighted by atomic mass is 10.1. The lowest BCUT2D eigenvalue weighted by Crippen LogP contribution is -1.99. The second-order valence-electron chi connectivity index (χ2n) is 7.76. The SMILES string of the molecule is COc1ccc(-c2nn(-c3ccc([N+](=O)[O-])cc3)cc2-c2cc(C)nn2-c2ccccc2)cc1. The van der Waals surface area contributed by atoms with E-state index in [2.05, 4.69) is 0 Å². The number of methoxy groups -OCH3 is 1. The van der Waals surface area contributed by atoms with Gasteiger partial charge < -0.3 is 4.74 Å². The third kappa shape index (κ3) is 3.93. The van der Waals surface area contributed by atoms with Crippen molar-refractivity contribution in [3.8, 4) is 39.6 Å². The molecule has 3 aromatic carbocycles. The topological polar surface area (TPSA) is 88.0 Å². The predicted octanol–water partition coefficient (Wildman–Crippen LogP) is 5.62. The molecule has 0 spiro atoms. The Bertz CT molecular complexity index is 1450. The molecule has 0 radical (unpaired) electrons. The molecule has 0 fully saturated rings. The number of ether oxygens (including phenoxy) is 1. The number of benzene rings is 3. The van der Waals surface area contributed by atoms with Crippen LogP contribution >= 0.6 is 0 Å². The standard InChI is InChI=1S/C26H21N5O3/c1-18-16-25(30(27-18)21-6-4-3-5-7-21)24-17-29(20-10-12-22(13-11-20)31(32)33)28-26(24)19-8-14-23(34-2)15-9-19/h3-17H,1-2H3. The van der Waals surface area contributed by atoms with Crippen molar-refractivity contribution in [3.05, 3.63) is 107 Å². The van der Waals surface area contributed by atoms with Crippen molar-refractivity contribution in [3.63, 3.8) is 0 Å². The number of para-hydroxylation sites is 1. The van der Waals surface area contributed by atoms with Crippen LogP contribution in [0, 0.1) is 17.0 Å². The third-order valence-corrected chi connectivity index (χ3v) is 5.51. The number of nitro groups is 1. The van der Waals surface area contributed by atoms with E-state index in [1.807, 2.05) is 78.5 Å². The lowest BCUT2D eigenvalue weighted by Gasteiger charge is -2.08. The number of aryl methyl sites for hydroxylation is 1. The Morgan fingerprint density at radius 1 is 0.882 bits per heavy atom. The highest BCUT2D eigenvalue weighted by Gasteiger charge is 2.20. The average Bonchev–Trinajstić information content (AvgIpc) is 3.48. The molecule has 8 heteroatoms. The Labute approximate surface area is 195 Å². The molecule has 0 amide bonds. The third-order valence-electron chi connectivity index (χ3n) is 5.51. The first kappa shape index (κ1) is 21.1. The summed E-state index contributed by atoms with van der Waals surface area (Å²) in [7, 11) is 1.63. The Balaban J connectivity index is 1.69. The van der Waals surface area contributed by atoms with Crippen LogP contribution in [-0.2, 0) is 0 Å². The fraction of sp³-hybridized carbons (Fsp3) is 0.0769. The van der Waals surface area contributed by atoms with Gasteiger partial charge in [0.25, 0.3) is 5.69 Å². The van der Waals surface area contributed by atoms with Gasteiger partial charge in [0.2, 0.25) is 0 Å². The summed E-state index contributed by atoms with van der Waals surface area (Å²) < 4.78 is 8.95. The summed E-state index contributed by atoms with van der Waals surface area (Å²) in [6, 6.07) is 26.0. The van der Waals surface area contributed by atoms with Crippen LogP contribution in [0.1, 0.15) is 5.69 Å². The molecule has 0 saturated carbocycles. The number of rotatable bonds is 6. The maximum atomic E-state index is 11.1. The van der Waals surface area contributed by atoms with Crippen LogP contribution in [0.5, 0.6) is 5.75 Å². The summed E-state index contributed by atoms with van der Waals surface area (Å²) in [6.45, 7) is 1.96. The first-order valence-corrected chi connectivity index (χ1v) is 10.6. The monoisotopic (exact) mass is 451 g/mol. The molecule has 0 bridgehead atoms. The van der Waals surface area contributed by atoms with Crippen molar-refractivity contribution in [2.75, 3.05) is 7.11 Å². The van der Waals surface area contributed by atoms with E-state index in [1.165, 1.54) is 12.1 Å². The number of hydrogen-bond acceptors (Lipinski definition) is 5. The van der Waals surface area contributed by atoms with Gasteiger partial charge in [-0.15, -0.1) is 0 Å². The number of hydrogen-bond donors (Lipinski definition) is 0. The molecule has 168 valence electrons. The van der Waals surface area contributed by atoms with Crippen molar-refractivity contribution in [1.29, 1.82) is 0 Å². The number of nitrogens with zero attached hydrogens (tertiary/aromatic N) is 5. The quantitative estimate of drug-likeness (QED) is 0.247. The van der Waals surface area contributed by atoms with Crippen molar-refractivity contribution in [2.24, 2.45) is 0 Å². The number of non-ortho nitro benzene ring substituents is 1. The molecule has 2 aromatic heterocycles. The minimum absolute atomic E-state index is 0.0317. The molecule has 0 N–H and O–H groups in total. The van der Waals surface area contributed by atoms with Gasteiger partial charge in [-0.1, -0.05) is 18.2 Å². The summed E-state index contributed by atoms with van der Waals surface area (Å²) in [5.74, 6) is 0.755. The van der Waals surface area contributed by atoms with Crippen LogP contribution < -0.4 is 4.74 Å². The Hall–Kier alpha value is -4.72. The van der Waals surface area contributed by atoms with E-state index in [1.54, 1.807) is 23.9 Å². The average molecular weight is 451 g/mol. The molecule has 0 aliphatic carbocycles. The molecule has 0 aliphatic rings. The molecule has 0 aliphatic heterocycles. The molecule has 0 atom stereocenters. The van der Waals surface area contributed by atoms with E-state index in [0.29, 0.717) is 5.69 Å². The summed E-state index contributed by atoms with van der Waals surface area (Å²) in [5, 5.41) is 20.7. The minimum atomic E-state index is -0.414. The van der Waals surface area contributed by atoms with E-state index in [4.69, 9.17) is 14.9 Å². The molecule has 0 saturated heterocycles. The van der Waals surface area contributed by atoms with Crippen LogP contribution in [0.25, 0.3) is 33.9 Å². The van der Waals surface area contributed by atoms with Crippen LogP contribution in [0.3, 0.4) is 0 Å². The number of nitro benzene ring substituents is 1. The van der Waals surface area contributed by atoms with Crippen LogP contribution in [-0.4, -0.2) is 31.6 Å². The first-order valence-electron chi connectivity index (χ1n) is 10.6. The van der Waals surface area contributed by atoms with Crippen LogP contribution in [0.4, 0.5) is 5.69 Å². The zero-order chi connectivity index (χ0) is 23.7. The molecule has 5 aromatic rings. The normalized spacial score (nSPS) is 10.9. The minimum Gasteiger partial charge on any atom is -0.497 e. The summed E-state index contributed by atoms with van der Waals surface area (Å²) >= 11 is 0. The fourth-order valence-electron chi connectivity index (χ4n) is 3.84. The smallest absolute Gasteiger partial charge is 0.269 e. The van der Waals surface area contributed by atoms with Gasteiger partial charge >= 0.3 is 0 Å². The van der Waals surface area contributed by atoms with E-state index in [-0.39, 0.29) is 5.69 Å². The summed E-state index contributed by atoms with van der Waals surface area (Å²) in [6.07, 6.45) is 1.93. The highest BCUT2D eigenvalue weighted by Crippen LogP contribution is 2.34. The second-order valence-corrected chi connectivity index (χ2v) is 7.76. The van der Waals surface area contributed by atoms with Gasteiger partial charge in [-0.25, -0.2) is 9.36 Å².